The van der Waals surface area contributed by atoms with E-state index in [-0.39, 0.29) is 5.91 Å². The molecule has 1 aromatic carbocycles. The van der Waals surface area contributed by atoms with Gasteiger partial charge in [0.25, 0.3) is 5.91 Å². The van der Waals surface area contributed by atoms with Crippen LogP contribution in [0.15, 0.2) is 48.0 Å². The Balaban J connectivity index is 1.62. The van der Waals surface area contributed by atoms with E-state index >= 15 is 0 Å². The first kappa shape index (κ1) is 17.9. The van der Waals surface area contributed by atoms with Gasteiger partial charge in [-0.2, -0.15) is 0 Å². The van der Waals surface area contributed by atoms with Crippen molar-refractivity contribution in [2.75, 3.05) is 20.8 Å². The van der Waals surface area contributed by atoms with Crippen LogP contribution in [-0.2, 0) is 6.42 Å². The second-order valence-corrected chi connectivity index (χ2v) is 6.33. The molecular formula is C19H19N3O3S. The summed E-state index contributed by atoms with van der Waals surface area (Å²) >= 11 is 1.56. The highest BCUT2D eigenvalue weighted by atomic mass is 32.1. The van der Waals surface area contributed by atoms with Gasteiger partial charge in [-0.1, -0.05) is 12.1 Å². The van der Waals surface area contributed by atoms with Crippen molar-refractivity contribution in [3.63, 3.8) is 0 Å². The molecule has 7 heteroatoms. The number of carbonyl (C=O) groups excluding carboxylic acids is 1. The number of nitrogens with zero attached hydrogens (tertiary/aromatic N) is 2. The van der Waals surface area contributed by atoms with Gasteiger partial charge in [-0.3, -0.25) is 9.78 Å². The number of amides is 1. The van der Waals surface area contributed by atoms with Crippen LogP contribution >= 0.6 is 11.3 Å². The minimum absolute atomic E-state index is 0.235. The van der Waals surface area contributed by atoms with E-state index in [0.29, 0.717) is 30.0 Å². The summed E-state index contributed by atoms with van der Waals surface area (Å²) in [5, 5.41) is 5.82. The van der Waals surface area contributed by atoms with Crippen LogP contribution < -0.4 is 14.8 Å². The van der Waals surface area contributed by atoms with Crippen molar-refractivity contribution in [2.24, 2.45) is 0 Å². The average molecular weight is 369 g/mol. The first-order chi connectivity index (χ1) is 12.7. The largest absolute Gasteiger partial charge is 0.496 e. The van der Waals surface area contributed by atoms with Gasteiger partial charge in [-0.25, -0.2) is 4.98 Å². The van der Waals surface area contributed by atoms with Crippen LogP contribution in [0.5, 0.6) is 11.5 Å². The molecule has 0 unspecified atom stereocenters. The van der Waals surface area contributed by atoms with Crippen molar-refractivity contribution in [1.82, 2.24) is 15.3 Å². The number of aromatic nitrogens is 2. The maximum Gasteiger partial charge on any atom is 0.258 e. The zero-order valence-electron chi connectivity index (χ0n) is 14.6. The van der Waals surface area contributed by atoms with Crippen LogP contribution in [0.3, 0.4) is 0 Å². The highest BCUT2D eigenvalue weighted by Crippen LogP contribution is 2.28. The third-order valence-electron chi connectivity index (χ3n) is 3.76. The molecule has 0 fully saturated rings. The van der Waals surface area contributed by atoms with E-state index in [1.165, 1.54) is 14.2 Å². The number of ether oxygens (including phenoxy) is 2. The van der Waals surface area contributed by atoms with E-state index in [1.807, 2.05) is 23.6 Å². The molecule has 26 heavy (non-hydrogen) atoms. The topological polar surface area (TPSA) is 73.3 Å². The molecule has 6 nitrogen and oxygen atoms in total. The summed E-state index contributed by atoms with van der Waals surface area (Å²) in [7, 11) is 3.06. The Kier molecular flexibility index (Phi) is 5.80. The molecule has 2 heterocycles. The smallest absolute Gasteiger partial charge is 0.258 e. The zero-order chi connectivity index (χ0) is 18.4. The number of carbonyl (C=O) groups is 1. The van der Waals surface area contributed by atoms with Crippen LogP contribution in [0.2, 0.25) is 0 Å². The Morgan fingerprint density at radius 1 is 1.08 bits per heavy atom. The number of thiazole rings is 1. The summed E-state index contributed by atoms with van der Waals surface area (Å²) in [6.45, 7) is 0.467. The Hall–Kier alpha value is -2.93. The van der Waals surface area contributed by atoms with Crippen molar-refractivity contribution in [3.8, 4) is 22.9 Å². The van der Waals surface area contributed by atoms with Gasteiger partial charge >= 0.3 is 0 Å². The average Bonchev–Trinajstić information content (AvgIpc) is 3.16. The molecule has 0 aliphatic rings. The van der Waals surface area contributed by atoms with Gasteiger partial charge in [0.2, 0.25) is 0 Å². The molecule has 0 bridgehead atoms. The minimum Gasteiger partial charge on any atom is -0.496 e. The van der Waals surface area contributed by atoms with Crippen molar-refractivity contribution < 1.29 is 14.3 Å². The first-order valence-electron chi connectivity index (χ1n) is 8.08. The molecule has 0 atom stereocenters. The van der Waals surface area contributed by atoms with E-state index in [4.69, 9.17) is 9.47 Å². The normalized spacial score (nSPS) is 10.4. The quantitative estimate of drug-likeness (QED) is 0.692. The molecule has 0 saturated heterocycles. The number of hydrogen-bond donors (Lipinski definition) is 1. The summed E-state index contributed by atoms with van der Waals surface area (Å²) in [6.07, 6.45) is 2.38. The number of hydrogen-bond acceptors (Lipinski definition) is 6. The lowest BCUT2D eigenvalue weighted by molar-refractivity contribution is 0.0948. The molecule has 0 saturated carbocycles. The van der Waals surface area contributed by atoms with E-state index in [2.05, 4.69) is 15.3 Å². The fraction of sp³-hybridized carbons (Fsp3) is 0.211. The second-order valence-electron chi connectivity index (χ2n) is 5.38. The van der Waals surface area contributed by atoms with Crippen molar-refractivity contribution in [2.45, 2.75) is 6.42 Å². The Morgan fingerprint density at radius 2 is 1.85 bits per heavy atom. The third-order valence-corrected chi connectivity index (χ3v) is 4.67. The number of nitrogens with one attached hydrogen (secondary N) is 1. The van der Waals surface area contributed by atoms with Crippen molar-refractivity contribution in [1.29, 1.82) is 0 Å². The monoisotopic (exact) mass is 369 g/mol. The van der Waals surface area contributed by atoms with Crippen LogP contribution in [0.4, 0.5) is 0 Å². The van der Waals surface area contributed by atoms with E-state index < -0.39 is 0 Å². The number of benzene rings is 1. The lowest BCUT2D eigenvalue weighted by atomic mass is 10.1. The van der Waals surface area contributed by atoms with Gasteiger partial charge in [0.15, 0.2) is 0 Å². The SMILES string of the molecule is COc1cccc(OC)c1C(=O)NCCc1nc(-c2ccccn2)cs1. The molecule has 1 N–H and O–H groups in total. The molecule has 0 spiro atoms. The molecule has 134 valence electrons. The van der Waals surface area contributed by atoms with Crippen LogP contribution in [0.25, 0.3) is 11.4 Å². The maximum absolute atomic E-state index is 12.5. The molecule has 0 radical (unpaired) electrons. The van der Waals surface area contributed by atoms with Crippen LogP contribution in [0.1, 0.15) is 15.4 Å². The Labute approximate surface area is 155 Å². The lowest BCUT2D eigenvalue weighted by Crippen LogP contribution is -2.26. The van der Waals surface area contributed by atoms with E-state index in [9.17, 15) is 4.79 Å². The molecule has 1 amide bonds. The van der Waals surface area contributed by atoms with E-state index in [1.54, 1.807) is 35.7 Å². The molecule has 0 aliphatic carbocycles. The van der Waals surface area contributed by atoms with E-state index in [0.717, 1.165) is 16.4 Å². The fourth-order valence-corrected chi connectivity index (χ4v) is 3.30. The van der Waals surface area contributed by atoms with Gasteiger partial charge in [0.05, 0.1) is 30.6 Å². The first-order valence-corrected chi connectivity index (χ1v) is 8.96. The van der Waals surface area contributed by atoms with Gasteiger partial charge in [-0.15, -0.1) is 11.3 Å². The van der Waals surface area contributed by atoms with Crippen molar-refractivity contribution >= 4 is 17.2 Å². The van der Waals surface area contributed by atoms with Crippen LogP contribution in [-0.4, -0.2) is 36.6 Å². The fourth-order valence-electron chi connectivity index (χ4n) is 2.50. The number of methoxy groups -OCH3 is 2. The van der Waals surface area contributed by atoms with Crippen molar-refractivity contribution in [3.05, 3.63) is 58.5 Å². The van der Waals surface area contributed by atoms with Gasteiger partial charge in [0.1, 0.15) is 17.1 Å². The standard InChI is InChI=1S/C19H19N3O3S/c1-24-15-7-5-8-16(25-2)18(15)19(23)21-11-9-17-22-14(12-26-17)13-6-3-4-10-20-13/h3-8,10,12H,9,11H2,1-2H3,(H,21,23). The maximum atomic E-state index is 12.5. The summed E-state index contributed by atoms with van der Waals surface area (Å²) < 4.78 is 10.5. The summed E-state index contributed by atoms with van der Waals surface area (Å²) in [6, 6.07) is 11.0. The second kappa shape index (κ2) is 8.44. The molecule has 3 rings (SSSR count). The van der Waals surface area contributed by atoms with Gasteiger partial charge < -0.3 is 14.8 Å². The Bertz CT molecular complexity index is 858. The van der Waals surface area contributed by atoms with Gasteiger partial charge in [-0.05, 0) is 24.3 Å². The zero-order valence-corrected chi connectivity index (χ0v) is 15.4. The minimum atomic E-state index is -0.235. The highest BCUT2D eigenvalue weighted by molar-refractivity contribution is 7.09. The summed E-state index contributed by atoms with van der Waals surface area (Å²) in [5.41, 5.74) is 2.09. The number of pyridine rings is 1. The van der Waals surface area contributed by atoms with Gasteiger partial charge in [0, 0.05) is 24.5 Å². The molecule has 0 aliphatic heterocycles. The Morgan fingerprint density at radius 3 is 2.50 bits per heavy atom. The predicted octanol–water partition coefficient (Wildman–Crippen LogP) is 3.19. The highest BCUT2D eigenvalue weighted by Gasteiger charge is 2.17. The predicted molar refractivity (Wildman–Crippen MR) is 101 cm³/mol. The molecule has 2 aromatic heterocycles. The third kappa shape index (κ3) is 4.00. The number of rotatable bonds is 7. The lowest BCUT2D eigenvalue weighted by Gasteiger charge is -2.12. The molecule has 3 aromatic rings. The summed E-state index contributed by atoms with van der Waals surface area (Å²) in [5.74, 6) is 0.725. The summed E-state index contributed by atoms with van der Waals surface area (Å²) in [4.78, 5) is 21.4. The molecular weight excluding hydrogens is 350 g/mol. The van der Waals surface area contributed by atoms with Crippen LogP contribution in [0, 0.1) is 0 Å².